The summed E-state index contributed by atoms with van der Waals surface area (Å²) in [5, 5.41) is 8.99. The molecule has 0 N–H and O–H groups in total. The molecule has 2 rings (SSSR count). The van der Waals surface area contributed by atoms with Gasteiger partial charge in [-0.15, -0.1) is 0 Å². The lowest BCUT2D eigenvalue weighted by molar-refractivity contribution is 0.854. The molecule has 17 heavy (non-hydrogen) atoms. The van der Waals surface area contributed by atoms with Gasteiger partial charge in [0, 0.05) is 25.6 Å². The first-order valence-corrected chi connectivity index (χ1v) is 5.12. The summed E-state index contributed by atoms with van der Waals surface area (Å²) in [6, 6.07) is 5.62. The van der Waals surface area contributed by atoms with Gasteiger partial charge < -0.3 is 4.90 Å². The first kappa shape index (κ1) is 11.0. The number of aromatic nitrogens is 3. The van der Waals surface area contributed by atoms with Crippen LogP contribution in [0.5, 0.6) is 0 Å². The molecule has 0 unspecified atom stereocenters. The van der Waals surface area contributed by atoms with E-state index in [2.05, 4.69) is 21.0 Å². The first-order valence-electron chi connectivity index (χ1n) is 5.12. The number of anilines is 1. The quantitative estimate of drug-likeness (QED) is 0.789. The highest BCUT2D eigenvalue weighted by atomic mass is 15.2. The van der Waals surface area contributed by atoms with Crippen LogP contribution in [0.3, 0.4) is 0 Å². The highest BCUT2D eigenvalue weighted by molar-refractivity contribution is 5.52. The first-order chi connectivity index (χ1) is 8.31. The largest absolute Gasteiger partial charge is 0.353 e. The van der Waals surface area contributed by atoms with Crippen molar-refractivity contribution < 1.29 is 0 Å². The van der Waals surface area contributed by atoms with Crippen LogP contribution in [0.4, 0.5) is 5.82 Å². The Morgan fingerprint density at radius 2 is 2.18 bits per heavy atom. The molecule has 2 aromatic heterocycles. The van der Waals surface area contributed by atoms with Crippen molar-refractivity contribution in [2.24, 2.45) is 0 Å². The van der Waals surface area contributed by atoms with E-state index in [1.54, 1.807) is 36.9 Å². The maximum Gasteiger partial charge on any atom is 0.146 e. The minimum Gasteiger partial charge on any atom is -0.353 e. The molecule has 0 aliphatic carbocycles. The zero-order chi connectivity index (χ0) is 12.1. The molecule has 0 saturated carbocycles. The lowest BCUT2D eigenvalue weighted by atomic mass is 10.2. The monoisotopic (exact) mass is 225 g/mol. The summed E-state index contributed by atoms with van der Waals surface area (Å²) in [6.45, 7) is 0.569. The van der Waals surface area contributed by atoms with Crippen LogP contribution in [0, 0.1) is 11.3 Å². The third-order valence-electron chi connectivity index (χ3n) is 2.28. The van der Waals surface area contributed by atoms with Crippen molar-refractivity contribution in [1.82, 2.24) is 15.0 Å². The number of pyridine rings is 1. The van der Waals surface area contributed by atoms with Crippen molar-refractivity contribution >= 4 is 5.82 Å². The minimum absolute atomic E-state index is 0.555. The summed E-state index contributed by atoms with van der Waals surface area (Å²) in [5.74, 6) is 0.653. The summed E-state index contributed by atoms with van der Waals surface area (Å²) < 4.78 is 0. The predicted molar refractivity (Wildman–Crippen MR) is 63.1 cm³/mol. The molecule has 0 spiro atoms. The van der Waals surface area contributed by atoms with Gasteiger partial charge in [-0.05, 0) is 12.1 Å². The van der Waals surface area contributed by atoms with Gasteiger partial charge >= 0.3 is 0 Å². The molecule has 2 heterocycles. The third-order valence-corrected chi connectivity index (χ3v) is 2.28. The number of rotatable bonds is 3. The van der Waals surface area contributed by atoms with Crippen molar-refractivity contribution in [3.05, 3.63) is 48.2 Å². The Kier molecular flexibility index (Phi) is 3.26. The topological polar surface area (TPSA) is 65.7 Å². The third kappa shape index (κ3) is 2.55. The molecule has 2 aromatic rings. The fraction of sp³-hybridized carbons (Fsp3) is 0.167. The molecule has 0 saturated heterocycles. The molecule has 5 heteroatoms. The van der Waals surface area contributed by atoms with E-state index in [4.69, 9.17) is 5.26 Å². The number of nitrogens with zero attached hydrogens (tertiary/aromatic N) is 5. The van der Waals surface area contributed by atoms with Crippen LogP contribution in [-0.4, -0.2) is 22.0 Å². The van der Waals surface area contributed by atoms with Crippen molar-refractivity contribution in [3.63, 3.8) is 0 Å². The lowest BCUT2D eigenvalue weighted by Crippen LogP contribution is -2.19. The average molecular weight is 225 g/mol. The van der Waals surface area contributed by atoms with Crippen LogP contribution in [0.15, 0.2) is 36.9 Å². The van der Waals surface area contributed by atoms with E-state index in [1.165, 1.54) is 0 Å². The summed E-state index contributed by atoms with van der Waals surface area (Å²) >= 11 is 0. The Morgan fingerprint density at radius 1 is 1.29 bits per heavy atom. The van der Waals surface area contributed by atoms with E-state index < -0.39 is 0 Å². The molecule has 0 bridgehead atoms. The van der Waals surface area contributed by atoms with E-state index in [0.717, 1.165) is 5.69 Å². The Hall–Kier alpha value is -2.48. The van der Waals surface area contributed by atoms with Crippen LogP contribution in [0.2, 0.25) is 0 Å². The molecular formula is C12H11N5. The molecule has 0 aliphatic heterocycles. The SMILES string of the molecule is CN(Cc1cnccn1)c1ncccc1C#N. The minimum atomic E-state index is 0.555. The summed E-state index contributed by atoms with van der Waals surface area (Å²) in [5.41, 5.74) is 1.39. The maximum atomic E-state index is 8.99. The molecule has 0 fully saturated rings. The van der Waals surface area contributed by atoms with Crippen LogP contribution >= 0.6 is 0 Å². The van der Waals surface area contributed by atoms with Crippen molar-refractivity contribution in [1.29, 1.82) is 5.26 Å². The van der Waals surface area contributed by atoms with Crippen LogP contribution < -0.4 is 4.90 Å². The molecular weight excluding hydrogens is 214 g/mol. The molecule has 5 nitrogen and oxygen atoms in total. The fourth-order valence-electron chi connectivity index (χ4n) is 1.52. The second kappa shape index (κ2) is 5.03. The summed E-state index contributed by atoms with van der Waals surface area (Å²) in [7, 11) is 1.87. The van der Waals surface area contributed by atoms with Gasteiger partial charge in [-0.1, -0.05) is 0 Å². The molecule has 0 amide bonds. The molecule has 0 radical (unpaired) electrons. The average Bonchev–Trinajstić information content (AvgIpc) is 2.40. The number of nitriles is 1. The second-order valence-electron chi connectivity index (χ2n) is 3.54. The lowest BCUT2D eigenvalue weighted by Gasteiger charge is -2.18. The van der Waals surface area contributed by atoms with E-state index >= 15 is 0 Å². The highest BCUT2D eigenvalue weighted by Gasteiger charge is 2.09. The molecule has 0 aromatic carbocycles. The van der Waals surface area contributed by atoms with E-state index in [0.29, 0.717) is 17.9 Å². The highest BCUT2D eigenvalue weighted by Crippen LogP contribution is 2.15. The molecule has 84 valence electrons. The summed E-state index contributed by atoms with van der Waals surface area (Å²) in [4.78, 5) is 14.3. The zero-order valence-electron chi connectivity index (χ0n) is 9.41. The Labute approximate surface area is 99.4 Å². The Morgan fingerprint density at radius 3 is 2.88 bits per heavy atom. The van der Waals surface area contributed by atoms with Crippen molar-refractivity contribution in [3.8, 4) is 6.07 Å². The van der Waals surface area contributed by atoms with Gasteiger partial charge in [-0.2, -0.15) is 5.26 Å². The zero-order valence-corrected chi connectivity index (χ0v) is 9.41. The van der Waals surface area contributed by atoms with Gasteiger partial charge in [0.05, 0.1) is 24.0 Å². The number of hydrogen-bond donors (Lipinski definition) is 0. The fourth-order valence-corrected chi connectivity index (χ4v) is 1.52. The van der Waals surface area contributed by atoms with Crippen molar-refractivity contribution in [2.45, 2.75) is 6.54 Å². The second-order valence-corrected chi connectivity index (χ2v) is 3.54. The van der Waals surface area contributed by atoms with E-state index in [-0.39, 0.29) is 0 Å². The van der Waals surface area contributed by atoms with Gasteiger partial charge in [-0.3, -0.25) is 9.97 Å². The predicted octanol–water partition coefficient (Wildman–Crippen LogP) is 1.38. The smallest absolute Gasteiger partial charge is 0.146 e. The normalized spacial score (nSPS) is 9.65. The maximum absolute atomic E-state index is 8.99. The van der Waals surface area contributed by atoms with E-state index in [1.807, 2.05) is 11.9 Å². The number of hydrogen-bond acceptors (Lipinski definition) is 5. The van der Waals surface area contributed by atoms with Crippen molar-refractivity contribution in [2.75, 3.05) is 11.9 Å². The van der Waals surface area contributed by atoms with E-state index in [9.17, 15) is 0 Å². The molecule has 0 aliphatic rings. The Balaban J connectivity index is 2.21. The van der Waals surface area contributed by atoms with Crippen LogP contribution in [0.25, 0.3) is 0 Å². The van der Waals surface area contributed by atoms with Crippen LogP contribution in [-0.2, 0) is 6.54 Å². The Bertz CT molecular complexity index is 532. The standard InChI is InChI=1S/C12H11N5/c1-17(9-11-8-14-5-6-15-11)12-10(7-13)3-2-4-16-12/h2-6,8H,9H2,1H3. The summed E-state index contributed by atoms with van der Waals surface area (Å²) in [6.07, 6.45) is 6.65. The van der Waals surface area contributed by atoms with Crippen LogP contribution in [0.1, 0.15) is 11.3 Å². The van der Waals surface area contributed by atoms with Gasteiger partial charge in [0.25, 0.3) is 0 Å². The van der Waals surface area contributed by atoms with Gasteiger partial charge in [0.2, 0.25) is 0 Å². The molecule has 0 atom stereocenters. The van der Waals surface area contributed by atoms with Gasteiger partial charge in [0.1, 0.15) is 11.9 Å². The van der Waals surface area contributed by atoms with Gasteiger partial charge in [-0.25, -0.2) is 4.98 Å². The van der Waals surface area contributed by atoms with Gasteiger partial charge in [0.15, 0.2) is 0 Å².